The largest absolute Gasteiger partial charge is 0.383 e. The fourth-order valence-corrected chi connectivity index (χ4v) is 1.05. The van der Waals surface area contributed by atoms with E-state index in [2.05, 4.69) is 4.98 Å². The molecule has 0 radical (unpaired) electrons. The lowest BCUT2D eigenvalue weighted by molar-refractivity contribution is 0.104. The van der Waals surface area contributed by atoms with Gasteiger partial charge in [0.25, 0.3) is 0 Å². The maximum Gasteiger partial charge on any atom is 0.189 e. The number of hydrogen-bond acceptors (Lipinski definition) is 3. The summed E-state index contributed by atoms with van der Waals surface area (Å²) >= 11 is 0. The highest BCUT2D eigenvalue weighted by atomic mass is 16.1. The molecule has 0 spiro atoms. The summed E-state index contributed by atoms with van der Waals surface area (Å²) < 4.78 is 0. The van der Waals surface area contributed by atoms with Gasteiger partial charge < -0.3 is 4.90 Å². The number of rotatable bonds is 3. The topological polar surface area (TPSA) is 33.2 Å². The van der Waals surface area contributed by atoms with Gasteiger partial charge in [-0.3, -0.25) is 9.78 Å². The summed E-state index contributed by atoms with van der Waals surface area (Å²) in [5, 5.41) is 0. The molecule has 1 rings (SSSR count). The molecule has 74 valence electrons. The van der Waals surface area contributed by atoms with Crippen molar-refractivity contribution in [3.8, 4) is 0 Å². The molecule has 3 heteroatoms. The molecule has 0 fully saturated rings. The summed E-state index contributed by atoms with van der Waals surface area (Å²) in [7, 11) is 3.75. The summed E-state index contributed by atoms with van der Waals surface area (Å²) in [5.41, 5.74) is 1.42. The van der Waals surface area contributed by atoms with Gasteiger partial charge in [0.05, 0.1) is 0 Å². The van der Waals surface area contributed by atoms with E-state index in [1.807, 2.05) is 25.9 Å². The summed E-state index contributed by atoms with van der Waals surface area (Å²) in [6, 6.07) is 3.55. The van der Waals surface area contributed by atoms with Gasteiger partial charge >= 0.3 is 0 Å². The number of carbonyl (C=O) groups is 1. The zero-order chi connectivity index (χ0) is 10.6. The third-order valence-electron chi connectivity index (χ3n) is 1.80. The van der Waals surface area contributed by atoms with Gasteiger partial charge in [-0.05, 0) is 19.1 Å². The minimum absolute atomic E-state index is 0.00991. The Kier molecular flexibility index (Phi) is 3.40. The molecule has 3 nitrogen and oxygen atoms in total. The maximum absolute atomic E-state index is 11.6. The molecule has 0 saturated carbocycles. The molecule has 0 atom stereocenters. The van der Waals surface area contributed by atoms with Gasteiger partial charge in [0.2, 0.25) is 0 Å². The quantitative estimate of drug-likeness (QED) is 0.536. The Morgan fingerprint density at radius 1 is 1.50 bits per heavy atom. The van der Waals surface area contributed by atoms with Crippen molar-refractivity contribution in [3.63, 3.8) is 0 Å². The predicted molar refractivity (Wildman–Crippen MR) is 56.1 cm³/mol. The second-order valence-corrected chi connectivity index (χ2v) is 3.28. The van der Waals surface area contributed by atoms with Crippen molar-refractivity contribution in [2.45, 2.75) is 6.92 Å². The molecule has 0 N–H and O–H groups in total. The van der Waals surface area contributed by atoms with E-state index in [9.17, 15) is 4.79 Å². The maximum atomic E-state index is 11.6. The van der Waals surface area contributed by atoms with Crippen LogP contribution < -0.4 is 0 Å². The molecule has 0 aliphatic heterocycles. The van der Waals surface area contributed by atoms with Crippen molar-refractivity contribution in [1.82, 2.24) is 9.88 Å². The summed E-state index contributed by atoms with van der Waals surface area (Å²) in [6.07, 6.45) is 4.96. The van der Waals surface area contributed by atoms with Crippen LogP contribution in [0.5, 0.6) is 0 Å². The SMILES string of the molecule is Cc1ncccc1C(=O)C=CN(C)C. The van der Waals surface area contributed by atoms with Crippen LogP contribution in [0.1, 0.15) is 16.1 Å². The Morgan fingerprint density at radius 3 is 2.79 bits per heavy atom. The van der Waals surface area contributed by atoms with Crippen LogP contribution in [0.2, 0.25) is 0 Å². The standard InChI is InChI=1S/C11H14N2O/c1-9-10(5-4-7-12-9)11(14)6-8-13(2)3/h4-8H,1-3H3. The molecule has 0 bridgehead atoms. The van der Waals surface area contributed by atoms with Gasteiger partial charge in [0, 0.05) is 43.8 Å². The molecule has 0 aromatic carbocycles. The highest BCUT2D eigenvalue weighted by Crippen LogP contribution is 2.05. The number of carbonyl (C=O) groups excluding carboxylic acids is 1. The van der Waals surface area contributed by atoms with E-state index >= 15 is 0 Å². The molecule has 0 unspecified atom stereocenters. The third-order valence-corrected chi connectivity index (χ3v) is 1.80. The molecule has 0 aliphatic rings. The molecular weight excluding hydrogens is 176 g/mol. The van der Waals surface area contributed by atoms with E-state index in [-0.39, 0.29) is 5.78 Å². The number of hydrogen-bond donors (Lipinski definition) is 0. The van der Waals surface area contributed by atoms with Crippen LogP contribution in [0.4, 0.5) is 0 Å². The van der Waals surface area contributed by atoms with E-state index in [0.29, 0.717) is 5.56 Å². The molecule has 1 heterocycles. The van der Waals surface area contributed by atoms with E-state index < -0.39 is 0 Å². The smallest absolute Gasteiger partial charge is 0.189 e. The Balaban J connectivity index is 2.85. The Bertz CT molecular complexity index is 356. The summed E-state index contributed by atoms with van der Waals surface area (Å²) in [6.45, 7) is 1.83. The second kappa shape index (κ2) is 4.56. The van der Waals surface area contributed by atoms with Crippen molar-refractivity contribution in [1.29, 1.82) is 0 Å². The highest BCUT2D eigenvalue weighted by Gasteiger charge is 2.04. The highest BCUT2D eigenvalue weighted by molar-refractivity contribution is 6.05. The van der Waals surface area contributed by atoms with Crippen molar-refractivity contribution in [2.75, 3.05) is 14.1 Å². The van der Waals surface area contributed by atoms with E-state index in [0.717, 1.165) is 5.69 Å². The first-order valence-corrected chi connectivity index (χ1v) is 4.42. The van der Waals surface area contributed by atoms with Crippen LogP contribution in [-0.2, 0) is 0 Å². The molecule has 14 heavy (non-hydrogen) atoms. The van der Waals surface area contributed by atoms with Gasteiger partial charge in [-0.1, -0.05) is 0 Å². The van der Waals surface area contributed by atoms with Crippen LogP contribution in [0.25, 0.3) is 0 Å². The molecule has 1 aromatic heterocycles. The van der Waals surface area contributed by atoms with Crippen LogP contribution >= 0.6 is 0 Å². The van der Waals surface area contributed by atoms with Gasteiger partial charge in [-0.2, -0.15) is 0 Å². The third kappa shape index (κ3) is 2.69. The normalized spacial score (nSPS) is 10.5. The lowest BCUT2D eigenvalue weighted by Crippen LogP contribution is -2.04. The minimum Gasteiger partial charge on any atom is -0.383 e. The van der Waals surface area contributed by atoms with Gasteiger partial charge in [0.1, 0.15) is 0 Å². The molecule has 0 amide bonds. The van der Waals surface area contributed by atoms with Crippen LogP contribution in [0.15, 0.2) is 30.6 Å². The lowest BCUT2D eigenvalue weighted by atomic mass is 10.1. The number of nitrogens with zero attached hydrogens (tertiary/aromatic N) is 2. The molecule has 1 aromatic rings. The first kappa shape index (κ1) is 10.4. The van der Waals surface area contributed by atoms with Crippen molar-refractivity contribution < 1.29 is 4.79 Å². The zero-order valence-electron chi connectivity index (χ0n) is 8.69. The van der Waals surface area contributed by atoms with E-state index in [4.69, 9.17) is 0 Å². The first-order valence-electron chi connectivity index (χ1n) is 4.42. The monoisotopic (exact) mass is 190 g/mol. The molecular formula is C11H14N2O. The number of pyridine rings is 1. The number of allylic oxidation sites excluding steroid dienone is 1. The van der Waals surface area contributed by atoms with Crippen LogP contribution in [0.3, 0.4) is 0 Å². The van der Waals surface area contributed by atoms with Crippen molar-refractivity contribution in [3.05, 3.63) is 41.9 Å². The number of aromatic nitrogens is 1. The number of aryl methyl sites for hydroxylation is 1. The van der Waals surface area contributed by atoms with E-state index in [1.54, 1.807) is 30.6 Å². The van der Waals surface area contributed by atoms with Crippen molar-refractivity contribution in [2.24, 2.45) is 0 Å². The summed E-state index contributed by atoms with van der Waals surface area (Å²) in [4.78, 5) is 17.5. The van der Waals surface area contributed by atoms with Gasteiger partial charge in [-0.25, -0.2) is 0 Å². The van der Waals surface area contributed by atoms with Gasteiger partial charge in [-0.15, -0.1) is 0 Å². The predicted octanol–water partition coefficient (Wildman–Crippen LogP) is 1.65. The fraction of sp³-hybridized carbons (Fsp3) is 0.273. The Labute approximate surface area is 84.1 Å². The fourth-order valence-electron chi connectivity index (χ4n) is 1.05. The van der Waals surface area contributed by atoms with Crippen LogP contribution in [-0.4, -0.2) is 29.8 Å². The average molecular weight is 190 g/mol. The van der Waals surface area contributed by atoms with Crippen LogP contribution in [0, 0.1) is 6.92 Å². The van der Waals surface area contributed by atoms with E-state index in [1.165, 1.54) is 0 Å². The Morgan fingerprint density at radius 2 is 2.21 bits per heavy atom. The number of ketones is 1. The first-order chi connectivity index (χ1) is 6.61. The second-order valence-electron chi connectivity index (χ2n) is 3.28. The zero-order valence-corrected chi connectivity index (χ0v) is 8.69. The summed E-state index contributed by atoms with van der Waals surface area (Å²) in [5.74, 6) is -0.00991. The lowest BCUT2D eigenvalue weighted by Gasteiger charge is -2.03. The molecule has 0 saturated heterocycles. The molecule has 0 aliphatic carbocycles. The Hall–Kier alpha value is -1.64. The minimum atomic E-state index is -0.00991. The van der Waals surface area contributed by atoms with Gasteiger partial charge in [0.15, 0.2) is 5.78 Å². The average Bonchev–Trinajstić information content (AvgIpc) is 2.15. The van der Waals surface area contributed by atoms with Crippen molar-refractivity contribution >= 4 is 5.78 Å².